The largest absolute Gasteiger partial charge is 0.506 e. The molecule has 0 saturated heterocycles. The van der Waals surface area contributed by atoms with E-state index >= 15 is 0 Å². The Morgan fingerprint density at radius 3 is 2.50 bits per heavy atom. The summed E-state index contributed by atoms with van der Waals surface area (Å²) < 4.78 is 5.97. The number of fused-ring (bicyclic) bond motifs is 1. The third kappa shape index (κ3) is 1.65. The molecule has 0 spiro atoms. The van der Waals surface area contributed by atoms with Crippen LogP contribution < -0.4 is 4.74 Å². The van der Waals surface area contributed by atoms with Gasteiger partial charge in [0, 0.05) is 5.56 Å². The highest BCUT2D eigenvalue weighted by Crippen LogP contribution is 2.45. The standard InChI is InChI=1S/C13H17ClO2/c1-7-8(2)12-9(10(14)11(7)15)5-6-13(3,4)16-12/h15H,5-6H2,1-4H3. The number of rotatable bonds is 0. The fourth-order valence-corrected chi connectivity index (χ4v) is 2.42. The van der Waals surface area contributed by atoms with Gasteiger partial charge in [-0.1, -0.05) is 11.6 Å². The Balaban J connectivity index is 2.65. The molecule has 0 aromatic heterocycles. The van der Waals surface area contributed by atoms with Crippen molar-refractivity contribution in [2.24, 2.45) is 0 Å². The topological polar surface area (TPSA) is 29.5 Å². The van der Waals surface area contributed by atoms with Crippen molar-refractivity contribution < 1.29 is 9.84 Å². The van der Waals surface area contributed by atoms with Crippen molar-refractivity contribution in [1.82, 2.24) is 0 Å². The summed E-state index contributed by atoms with van der Waals surface area (Å²) in [7, 11) is 0. The summed E-state index contributed by atoms with van der Waals surface area (Å²) in [4.78, 5) is 0. The summed E-state index contributed by atoms with van der Waals surface area (Å²) in [5.41, 5.74) is 2.59. The van der Waals surface area contributed by atoms with E-state index in [1.54, 1.807) is 0 Å². The quantitative estimate of drug-likeness (QED) is 0.748. The lowest BCUT2D eigenvalue weighted by Crippen LogP contribution is -2.33. The number of hydrogen-bond donors (Lipinski definition) is 1. The van der Waals surface area contributed by atoms with Crippen LogP contribution in [0.3, 0.4) is 0 Å². The number of benzene rings is 1. The van der Waals surface area contributed by atoms with Crippen molar-refractivity contribution in [3.63, 3.8) is 0 Å². The molecule has 0 bridgehead atoms. The van der Waals surface area contributed by atoms with Gasteiger partial charge < -0.3 is 9.84 Å². The summed E-state index contributed by atoms with van der Waals surface area (Å²) in [5.74, 6) is 1.05. The van der Waals surface area contributed by atoms with Gasteiger partial charge in [0.25, 0.3) is 0 Å². The fourth-order valence-electron chi connectivity index (χ4n) is 2.10. The second-order valence-electron chi connectivity index (χ2n) is 5.08. The molecule has 88 valence electrons. The summed E-state index contributed by atoms with van der Waals surface area (Å²) >= 11 is 6.15. The third-order valence-corrected chi connectivity index (χ3v) is 3.77. The van der Waals surface area contributed by atoms with Crippen LogP contribution in [0.15, 0.2) is 0 Å². The Morgan fingerprint density at radius 2 is 1.88 bits per heavy atom. The molecule has 16 heavy (non-hydrogen) atoms. The number of halogens is 1. The van der Waals surface area contributed by atoms with Crippen molar-refractivity contribution >= 4 is 11.6 Å². The predicted molar refractivity (Wildman–Crippen MR) is 65.6 cm³/mol. The van der Waals surface area contributed by atoms with Crippen molar-refractivity contribution in [1.29, 1.82) is 0 Å². The van der Waals surface area contributed by atoms with Crippen LogP contribution in [0.1, 0.15) is 37.0 Å². The van der Waals surface area contributed by atoms with E-state index in [0.29, 0.717) is 5.02 Å². The number of phenolic OH excluding ortho intramolecular Hbond substituents is 1. The number of hydrogen-bond acceptors (Lipinski definition) is 2. The lowest BCUT2D eigenvalue weighted by atomic mass is 9.91. The van der Waals surface area contributed by atoms with Crippen LogP contribution in [-0.2, 0) is 6.42 Å². The first-order chi connectivity index (χ1) is 7.33. The van der Waals surface area contributed by atoms with E-state index in [1.807, 2.05) is 13.8 Å². The molecule has 1 aromatic carbocycles. The average Bonchev–Trinajstić information content (AvgIpc) is 2.22. The maximum Gasteiger partial charge on any atom is 0.137 e. The second kappa shape index (κ2) is 3.56. The summed E-state index contributed by atoms with van der Waals surface area (Å²) in [6.45, 7) is 7.98. The Morgan fingerprint density at radius 1 is 1.25 bits per heavy atom. The zero-order chi connectivity index (χ0) is 12.1. The minimum Gasteiger partial charge on any atom is -0.506 e. The van der Waals surface area contributed by atoms with E-state index in [4.69, 9.17) is 16.3 Å². The zero-order valence-electron chi connectivity index (χ0n) is 10.1. The van der Waals surface area contributed by atoms with Crippen molar-refractivity contribution in [3.8, 4) is 11.5 Å². The summed E-state index contributed by atoms with van der Waals surface area (Å²) in [6, 6.07) is 0. The summed E-state index contributed by atoms with van der Waals surface area (Å²) in [5, 5.41) is 10.3. The second-order valence-corrected chi connectivity index (χ2v) is 5.46. The molecule has 2 rings (SSSR count). The smallest absolute Gasteiger partial charge is 0.137 e. The highest BCUT2D eigenvalue weighted by molar-refractivity contribution is 6.33. The first-order valence-electron chi connectivity index (χ1n) is 5.53. The van der Waals surface area contributed by atoms with Crippen LogP contribution in [0.25, 0.3) is 0 Å². The minimum absolute atomic E-state index is 0.148. The van der Waals surface area contributed by atoms with Gasteiger partial charge in [0.2, 0.25) is 0 Å². The molecule has 0 amide bonds. The molecule has 0 unspecified atom stereocenters. The van der Waals surface area contributed by atoms with Crippen LogP contribution in [0.5, 0.6) is 11.5 Å². The third-order valence-electron chi connectivity index (χ3n) is 3.36. The fraction of sp³-hybridized carbons (Fsp3) is 0.538. The molecule has 0 atom stereocenters. The molecule has 0 radical (unpaired) electrons. The number of ether oxygens (including phenoxy) is 1. The van der Waals surface area contributed by atoms with Crippen LogP contribution in [0.2, 0.25) is 5.02 Å². The molecule has 0 saturated carbocycles. The molecular weight excluding hydrogens is 224 g/mol. The Labute approximate surface area is 101 Å². The van der Waals surface area contributed by atoms with Gasteiger partial charge >= 0.3 is 0 Å². The Hall–Kier alpha value is -0.890. The highest BCUT2D eigenvalue weighted by Gasteiger charge is 2.31. The SMILES string of the molecule is Cc1c(C)c2c(c(Cl)c1O)CCC(C)(C)O2. The average molecular weight is 241 g/mol. The van der Waals surface area contributed by atoms with Gasteiger partial charge in [-0.25, -0.2) is 0 Å². The maximum absolute atomic E-state index is 9.89. The molecule has 2 nitrogen and oxygen atoms in total. The first-order valence-corrected chi connectivity index (χ1v) is 5.91. The van der Waals surface area contributed by atoms with Gasteiger partial charge in [0.1, 0.15) is 17.1 Å². The lowest BCUT2D eigenvalue weighted by Gasteiger charge is -2.34. The molecule has 1 heterocycles. The van der Waals surface area contributed by atoms with E-state index in [2.05, 4.69) is 13.8 Å². The van der Waals surface area contributed by atoms with Crippen LogP contribution in [0.4, 0.5) is 0 Å². The maximum atomic E-state index is 9.89. The Kier molecular flexibility index (Phi) is 2.58. The van der Waals surface area contributed by atoms with Crippen LogP contribution in [-0.4, -0.2) is 10.7 Å². The van der Waals surface area contributed by atoms with E-state index in [0.717, 1.165) is 35.3 Å². The Bertz CT molecular complexity index is 450. The zero-order valence-corrected chi connectivity index (χ0v) is 10.9. The predicted octanol–water partition coefficient (Wildman–Crippen LogP) is 3.77. The number of aromatic hydroxyl groups is 1. The van der Waals surface area contributed by atoms with Gasteiger partial charge in [-0.2, -0.15) is 0 Å². The van der Waals surface area contributed by atoms with Crippen LogP contribution >= 0.6 is 11.6 Å². The van der Waals surface area contributed by atoms with Gasteiger partial charge in [-0.3, -0.25) is 0 Å². The van der Waals surface area contributed by atoms with Crippen LogP contribution in [0, 0.1) is 13.8 Å². The molecule has 3 heteroatoms. The van der Waals surface area contributed by atoms with E-state index in [1.165, 1.54) is 0 Å². The summed E-state index contributed by atoms with van der Waals surface area (Å²) in [6.07, 6.45) is 1.78. The first kappa shape index (κ1) is 11.6. The molecular formula is C13H17ClO2. The normalized spacial score (nSPS) is 17.8. The van der Waals surface area contributed by atoms with Gasteiger partial charge in [-0.15, -0.1) is 0 Å². The molecule has 1 aromatic rings. The highest BCUT2D eigenvalue weighted by atomic mass is 35.5. The van der Waals surface area contributed by atoms with Crippen molar-refractivity contribution in [2.75, 3.05) is 0 Å². The molecule has 1 aliphatic heterocycles. The molecule has 1 N–H and O–H groups in total. The van der Waals surface area contributed by atoms with Crippen molar-refractivity contribution in [3.05, 3.63) is 21.7 Å². The van der Waals surface area contributed by atoms with Gasteiger partial charge in [-0.05, 0) is 51.7 Å². The van der Waals surface area contributed by atoms with E-state index < -0.39 is 0 Å². The van der Waals surface area contributed by atoms with Gasteiger partial charge in [0.05, 0.1) is 5.02 Å². The molecule has 0 fully saturated rings. The monoisotopic (exact) mass is 240 g/mol. The minimum atomic E-state index is -0.148. The number of phenols is 1. The lowest BCUT2D eigenvalue weighted by molar-refractivity contribution is 0.0834. The van der Waals surface area contributed by atoms with E-state index in [9.17, 15) is 5.11 Å². The molecule has 0 aliphatic carbocycles. The van der Waals surface area contributed by atoms with Crippen molar-refractivity contribution in [2.45, 2.75) is 46.1 Å². The van der Waals surface area contributed by atoms with Gasteiger partial charge in [0.15, 0.2) is 0 Å². The molecule has 1 aliphatic rings. The van der Waals surface area contributed by atoms with E-state index in [-0.39, 0.29) is 11.4 Å².